The van der Waals surface area contributed by atoms with E-state index in [9.17, 15) is 19.5 Å². The van der Waals surface area contributed by atoms with Gasteiger partial charge >= 0.3 is 5.97 Å². The van der Waals surface area contributed by atoms with E-state index in [0.29, 0.717) is 17.3 Å². The number of piperidine rings is 1. The predicted octanol–water partition coefficient (Wildman–Crippen LogP) is 5.48. The number of amides is 1. The summed E-state index contributed by atoms with van der Waals surface area (Å²) in [6.07, 6.45) is 3.18. The number of methoxy groups -OCH3 is 1. The molecule has 0 aliphatic carbocycles. The third-order valence-electron chi connectivity index (χ3n) is 8.82. The topological polar surface area (TPSA) is 96.4 Å². The van der Waals surface area contributed by atoms with Crippen LogP contribution in [0.25, 0.3) is 0 Å². The highest BCUT2D eigenvalue weighted by atomic mass is 35.5. The van der Waals surface area contributed by atoms with Crippen LogP contribution < -0.4 is 9.47 Å². The standard InChI is InChI=1S/C36H41ClN2O6/c1-44-34-17-26(11-12-28(34)21-30(40)20-27-7-5-6-10-33(27)37)18-35(41)39-24-32(45-31-8-3-2-4-9-31)22-29(39)23-38-15-13-25(14-16-38)19-36(42)43/h2-12,17,25,29,32H,13-16,18-24H2,1H3,(H,42,43). The molecular weight excluding hydrogens is 592 g/mol. The van der Waals surface area contributed by atoms with E-state index < -0.39 is 5.97 Å². The number of rotatable bonds is 13. The maximum atomic E-state index is 13.8. The van der Waals surface area contributed by atoms with Crippen LogP contribution in [-0.2, 0) is 33.6 Å². The van der Waals surface area contributed by atoms with Crippen LogP contribution in [0.3, 0.4) is 0 Å². The van der Waals surface area contributed by atoms with Crippen LogP contribution in [0, 0.1) is 5.92 Å². The SMILES string of the molecule is COc1cc(CC(=O)N2CC(Oc3ccccc3)CC2CN2CCC(CC(=O)O)CC2)ccc1CC(=O)Cc1ccccc1Cl. The summed E-state index contributed by atoms with van der Waals surface area (Å²) in [7, 11) is 1.57. The maximum Gasteiger partial charge on any atom is 0.303 e. The van der Waals surface area contributed by atoms with Crippen LogP contribution in [0.15, 0.2) is 72.8 Å². The molecule has 2 aliphatic heterocycles. The minimum Gasteiger partial charge on any atom is -0.496 e. The summed E-state index contributed by atoms with van der Waals surface area (Å²) in [6.45, 7) is 2.89. The van der Waals surface area contributed by atoms with Crippen LogP contribution in [0.4, 0.5) is 0 Å². The van der Waals surface area contributed by atoms with Crippen LogP contribution in [0.2, 0.25) is 5.02 Å². The number of carbonyl (C=O) groups is 3. The minimum absolute atomic E-state index is 0.00848. The number of ketones is 1. The van der Waals surface area contributed by atoms with Crippen molar-refractivity contribution in [2.75, 3.05) is 33.3 Å². The number of ether oxygens (including phenoxy) is 2. The summed E-state index contributed by atoms with van der Waals surface area (Å²) in [5.41, 5.74) is 2.39. The Morgan fingerprint density at radius 2 is 1.62 bits per heavy atom. The Bertz CT molecular complexity index is 1470. The van der Waals surface area contributed by atoms with Crippen molar-refractivity contribution in [2.24, 2.45) is 5.92 Å². The molecule has 0 radical (unpaired) electrons. The number of carboxylic acid groups (broad SMARTS) is 1. The Balaban J connectivity index is 1.24. The second-order valence-corrected chi connectivity index (χ2v) is 12.5. The zero-order valence-electron chi connectivity index (χ0n) is 25.7. The summed E-state index contributed by atoms with van der Waals surface area (Å²) in [4.78, 5) is 42.1. The van der Waals surface area contributed by atoms with Gasteiger partial charge in [-0.15, -0.1) is 0 Å². The van der Waals surface area contributed by atoms with Gasteiger partial charge in [-0.05, 0) is 67.2 Å². The second kappa shape index (κ2) is 15.4. The summed E-state index contributed by atoms with van der Waals surface area (Å²) < 4.78 is 11.9. The fourth-order valence-corrected chi connectivity index (χ4v) is 6.70. The van der Waals surface area contributed by atoms with Crippen molar-refractivity contribution >= 4 is 29.3 Å². The molecule has 0 aromatic heterocycles. The van der Waals surface area contributed by atoms with Crippen LogP contribution in [0.5, 0.6) is 11.5 Å². The van der Waals surface area contributed by atoms with Gasteiger partial charge in [-0.25, -0.2) is 0 Å². The van der Waals surface area contributed by atoms with Crippen molar-refractivity contribution in [3.8, 4) is 11.5 Å². The third-order valence-corrected chi connectivity index (χ3v) is 9.19. The molecule has 3 aromatic carbocycles. The van der Waals surface area contributed by atoms with Crippen LogP contribution >= 0.6 is 11.6 Å². The molecule has 0 spiro atoms. The highest BCUT2D eigenvalue weighted by Crippen LogP contribution is 2.28. The fraction of sp³-hybridized carbons (Fsp3) is 0.417. The van der Waals surface area contributed by atoms with Gasteiger partial charge < -0.3 is 24.4 Å². The Kier molecular flexibility index (Phi) is 11.1. The van der Waals surface area contributed by atoms with E-state index in [1.54, 1.807) is 13.2 Å². The number of hydrogen-bond donors (Lipinski definition) is 1. The molecule has 5 rings (SSSR count). The first kappa shape index (κ1) is 32.5. The van der Waals surface area contributed by atoms with Gasteiger partial charge in [0.2, 0.25) is 5.91 Å². The van der Waals surface area contributed by atoms with Crippen molar-refractivity contribution < 1.29 is 29.0 Å². The molecule has 2 aliphatic rings. The van der Waals surface area contributed by atoms with Crippen molar-refractivity contribution in [3.63, 3.8) is 0 Å². The van der Waals surface area contributed by atoms with Gasteiger partial charge in [0.25, 0.3) is 0 Å². The van der Waals surface area contributed by atoms with Crippen molar-refractivity contribution in [1.82, 2.24) is 9.80 Å². The van der Waals surface area contributed by atoms with Gasteiger partial charge in [-0.1, -0.05) is 60.1 Å². The summed E-state index contributed by atoms with van der Waals surface area (Å²) >= 11 is 6.25. The van der Waals surface area contributed by atoms with Crippen LogP contribution in [-0.4, -0.2) is 78.0 Å². The average molecular weight is 633 g/mol. The van der Waals surface area contributed by atoms with E-state index in [1.807, 2.05) is 71.6 Å². The molecule has 2 heterocycles. The van der Waals surface area contributed by atoms with E-state index in [2.05, 4.69) is 4.90 Å². The van der Waals surface area contributed by atoms with Gasteiger partial charge in [-0.3, -0.25) is 14.4 Å². The smallest absolute Gasteiger partial charge is 0.303 e. The van der Waals surface area contributed by atoms with Gasteiger partial charge in [0, 0.05) is 48.9 Å². The molecule has 0 saturated carbocycles. The van der Waals surface area contributed by atoms with E-state index in [4.69, 9.17) is 21.1 Å². The number of para-hydroxylation sites is 1. The number of benzene rings is 3. The first-order valence-corrected chi connectivity index (χ1v) is 16.0. The summed E-state index contributed by atoms with van der Waals surface area (Å²) in [5, 5.41) is 9.75. The van der Waals surface area contributed by atoms with Gasteiger partial charge in [0.1, 0.15) is 23.4 Å². The van der Waals surface area contributed by atoms with E-state index in [1.165, 1.54) is 0 Å². The molecular formula is C36H41ClN2O6. The van der Waals surface area contributed by atoms with E-state index in [-0.39, 0.29) is 55.4 Å². The number of carbonyl (C=O) groups excluding carboxylic acids is 2. The van der Waals surface area contributed by atoms with Gasteiger partial charge in [0.15, 0.2) is 0 Å². The number of hydrogen-bond acceptors (Lipinski definition) is 6. The van der Waals surface area contributed by atoms with Crippen LogP contribution in [0.1, 0.15) is 42.4 Å². The Hall–Kier alpha value is -3.88. The van der Waals surface area contributed by atoms with E-state index >= 15 is 0 Å². The number of aliphatic carboxylic acids is 1. The number of Topliss-reactive ketones (excluding diaryl/α,β-unsaturated/α-hetero) is 1. The normalized spacial score (nSPS) is 18.9. The lowest BCUT2D eigenvalue weighted by Crippen LogP contribution is -2.46. The number of nitrogens with zero attached hydrogens (tertiary/aromatic N) is 2. The molecule has 8 nitrogen and oxygen atoms in total. The lowest BCUT2D eigenvalue weighted by atomic mass is 9.93. The largest absolute Gasteiger partial charge is 0.496 e. The first-order valence-electron chi connectivity index (χ1n) is 15.6. The predicted molar refractivity (Wildman–Crippen MR) is 173 cm³/mol. The average Bonchev–Trinajstić information content (AvgIpc) is 3.42. The molecule has 1 amide bonds. The van der Waals surface area contributed by atoms with Crippen molar-refractivity contribution in [3.05, 3.63) is 94.5 Å². The number of likely N-dealkylation sites (tertiary alicyclic amines) is 2. The number of carboxylic acids is 1. The van der Waals surface area contributed by atoms with Crippen molar-refractivity contribution in [1.29, 1.82) is 0 Å². The second-order valence-electron chi connectivity index (χ2n) is 12.1. The number of halogens is 1. The zero-order chi connectivity index (χ0) is 31.8. The highest BCUT2D eigenvalue weighted by Gasteiger charge is 2.38. The fourth-order valence-electron chi connectivity index (χ4n) is 6.50. The zero-order valence-corrected chi connectivity index (χ0v) is 26.5. The maximum absolute atomic E-state index is 13.8. The molecule has 0 bridgehead atoms. The van der Waals surface area contributed by atoms with E-state index in [0.717, 1.165) is 61.3 Å². The molecule has 9 heteroatoms. The molecule has 2 atom stereocenters. The molecule has 2 saturated heterocycles. The molecule has 3 aromatic rings. The molecule has 2 unspecified atom stereocenters. The molecule has 238 valence electrons. The minimum atomic E-state index is -0.740. The Morgan fingerprint density at radius 1 is 0.911 bits per heavy atom. The quantitative estimate of drug-likeness (QED) is 0.267. The summed E-state index contributed by atoms with van der Waals surface area (Å²) in [6, 6.07) is 22.6. The molecule has 2 fully saturated rings. The van der Waals surface area contributed by atoms with Gasteiger partial charge in [0.05, 0.1) is 20.1 Å². The monoisotopic (exact) mass is 632 g/mol. The molecule has 1 N–H and O–H groups in total. The summed E-state index contributed by atoms with van der Waals surface area (Å²) in [5.74, 6) is 0.884. The molecule has 45 heavy (non-hydrogen) atoms. The lowest BCUT2D eigenvalue weighted by molar-refractivity contribution is -0.138. The first-order chi connectivity index (χ1) is 21.8. The Labute approximate surface area is 269 Å². The lowest BCUT2D eigenvalue weighted by Gasteiger charge is -2.35. The highest BCUT2D eigenvalue weighted by molar-refractivity contribution is 6.31. The van der Waals surface area contributed by atoms with Gasteiger partial charge in [-0.2, -0.15) is 0 Å². The third kappa shape index (κ3) is 9.08. The van der Waals surface area contributed by atoms with Crippen molar-refractivity contribution in [2.45, 2.75) is 57.1 Å². The Morgan fingerprint density at radius 3 is 2.33 bits per heavy atom.